The van der Waals surface area contributed by atoms with E-state index in [4.69, 9.17) is 5.73 Å². The number of aromatic nitrogens is 1. The summed E-state index contributed by atoms with van der Waals surface area (Å²) < 4.78 is 100. The topological polar surface area (TPSA) is 94.3 Å². The Labute approximate surface area is 205 Å². The van der Waals surface area contributed by atoms with Crippen LogP contribution in [0, 0.1) is 26.8 Å². The van der Waals surface area contributed by atoms with Crippen LogP contribution in [0.2, 0.25) is 0 Å². The quantitative estimate of drug-likeness (QED) is 0.173. The number of halogens is 8. The van der Waals surface area contributed by atoms with Gasteiger partial charge in [0.25, 0.3) is 0 Å². The highest BCUT2D eigenvalue weighted by atomic mass is 127. The number of nitrogen functional groups attached to an aromatic ring is 1. The minimum Gasteiger partial charge on any atom is -0.383 e. The lowest BCUT2D eigenvalue weighted by molar-refractivity contribution is -0.193. The second kappa shape index (κ2) is 10.1. The summed E-state index contributed by atoms with van der Waals surface area (Å²) >= 11 is 1.76. The molecular formula is C21H11F7IN3O3. The summed E-state index contributed by atoms with van der Waals surface area (Å²) in [5.41, 5.74) is 1.68. The molecule has 35 heavy (non-hydrogen) atoms. The monoisotopic (exact) mass is 613 g/mol. The molecule has 0 fully saturated rings. The zero-order chi connectivity index (χ0) is 26.1. The fourth-order valence-electron chi connectivity index (χ4n) is 2.86. The molecule has 1 heterocycles. The number of nitrogens with zero attached hydrogens (tertiary/aromatic N) is 1. The van der Waals surface area contributed by atoms with Crippen LogP contribution < -0.4 is 11.1 Å². The first kappa shape index (κ1) is 26.2. The zero-order valence-corrected chi connectivity index (χ0v) is 19.1. The molecule has 0 atom stereocenters. The number of nitrogens with one attached hydrogen (secondary N) is 1. The molecule has 0 radical (unpaired) electrons. The van der Waals surface area contributed by atoms with Crippen molar-refractivity contribution in [1.29, 1.82) is 0 Å². The van der Waals surface area contributed by atoms with Crippen molar-refractivity contribution in [2.75, 3.05) is 11.1 Å². The highest BCUT2D eigenvalue weighted by molar-refractivity contribution is 14.1. The molecule has 0 aliphatic carbocycles. The van der Waals surface area contributed by atoms with E-state index < -0.39 is 76.1 Å². The molecule has 0 saturated heterocycles. The maximum Gasteiger partial charge on any atom is 0.491 e. The molecule has 14 heteroatoms. The number of hydrogen-bond donors (Lipinski definition) is 2. The van der Waals surface area contributed by atoms with Crippen LogP contribution in [-0.2, 0) is 16.0 Å². The lowest BCUT2D eigenvalue weighted by Gasteiger charge is -2.16. The third kappa shape index (κ3) is 5.80. The van der Waals surface area contributed by atoms with E-state index in [1.807, 2.05) is 0 Å². The van der Waals surface area contributed by atoms with Crippen LogP contribution in [-0.4, -0.2) is 23.1 Å². The molecule has 0 amide bonds. The molecule has 3 aromatic rings. The molecule has 0 spiro atoms. The van der Waals surface area contributed by atoms with Crippen molar-refractivity contribution in [2.45, 2.75) is 12.6 Å². The zero-order valence-electron chi connectivity index (χ0n) is 16.9. The van der Waals surface area contributed by atoms with Crippen LogP contribution in [0.3, 0.4) is 0 Å². The van der Waals surface area contributed by atoms with E-state index in [1.165, 1.54) is 6.07 Å². The van der Waals surface area contributed by atoms with Gasteiger partial charge in [-0.15, -0.1) is 0 Å². The van der Waals surface area contributed by atoms with Crippen molar-refractivity contribution < 1.29 is 45.1 Å². The fraction of sp³-hybridized carbons (Fsp3) is 0.0952. The molecule has 184 valence electrons. The van der Waals surface area contributed by atoms with Gasteiger partial charge in [-0.3, -0.25) is 0 Å². The van der Waals surface area contributed by atoms with Gasteiger partial charge in [-0.1, -0.05) is 0 Å². The van der Waals surface area contributed by atoms with E-state index in [1.54, 1.807) is 22.6 Å². The second-order valence-corrected chi connectivity index (χ2v) is 8.10. The Kier molecular flexibility index (Phi) is 7.52. The number of carbonyl (C=O) groups excluding carboxylic acids is 2. The van der Waals surface area contributed by atoms with Gasteiger partial charge in [-0.25, -0.2) is 32.1 Å². The lowest BCUT2D eigenvalue weighted by atomic mass is 10.00. The van der Waals surface area contributed by atoms with Crippen molar-refractivity contribution in [2.24, 2.45) is 0 Å². The van der Waals surface area contributed by atoms with Gasteiger partial charge in [0.05, 0.1) is 16.9 Å². The first-order valence-corrected chi connectivity index (χ1v) is 10.3. The van der Waals surface area contributed by atoms with Gasteiger partial charge in [0.1, 0.15) is 5.82 Å². The van der Waals surface area contributed by atoms with Gasteiger partial charge in [0.2, 0.25) is 0 Å². The molecule has 3 N–H and O–H groups in total. The van der Waals surface area contributed by atoms with Gasteiger partial charge in [0.15, 0.2) is 23.3 Å². The number of hydrogen-bond acceptors (Lipinski definition) is 6. The van der Waals surface area contributed by atoms with Crippen molar-refractivity contribution in [3.63, 3.8) is 0 Å². The van der Waals surface area contributed by atoms with Crippen LogP contribution in [0.1, 0.15) is 21.5 Å². The Balaban J connectivity index is 2.14. The molecule has 0 unspecified atom stereocenters. The van der Waals surface area contributed by atoms with E-state index >= 15 is 4.39 Å². The van der Waals surface area contributed by atoms with Gasteiger partial charge < -0.3 is 15.8 Å². The standard InChI is InChI=1S/C21H11F7IN3O3/c22-12-7-10(29)1-2-13(12)32-17-11(19(33)35-20(34)21(26,27)28)6-9(14(23)16(17)25)5-8-3-4-31-18(30)15(8)24/h1-4,6-7,32H,5H2,(H2,30,31). The Morgan fingerprint density at radius 3 is 2.31 bits per heavy atom. The Morgan fingerprint density at radius 2 is 1.69 bits per heavy atom. The number of carbonyl (C=O) groups is 2. The number of esters is 2. The number of pyridine rings is 1. The van der Waals surface area contributed by atoms with E-state index in [0.717, 1.165) is 24.4 Å². The van der Waals surface area contributed by atoms with E-state index in [2.05, 4.69) is 15.0 Å². The van der Waals surface area contributed by atoms with Gasteiger partial charge in [-0.05, 0) is 64.0 Å². The average Bonchev–Trinajstić information content (AvgIpc) is 2.77. The van der Waals surface area contributed by atoms with Crippen molar-refractivity contribution in [1.82, 2.24) is 4.98 Å². The maximum atomic E-state index is 15.0. The molecule has 0 saturated carbocycles. The third-order valence-corrected chi connectivity index (χ3v) is 5.16. The molecule has 2 aromatic carbocycles. The number of ether oxygens (including phenoxy) is 1. The van der Waals surface area contributed by atoms with Gasteiger partial charge in [-0.2, -0.15) is 13.2 Å². The highest BCUT2D eigenvalue weighted by Gasteiger charge is 2.43. The molecule has 3 rings (SSSR count). The van der Waals surface area contributed by atoms with Gasteiger partial charge >= 0.3 is 18.1 Å². The van der Waals surface area contributed by atoms with E-state index in [0.29, 0.717) is 9.64 Å². The van der Waals surface area contributed by atoms with E-state index in [9.17, 15) is 35.9 Å². The highest BCUT2D eigenvalue weighted by Crippen LogP contribution is 2.33. The SMILES string of the molecule is Nc1nccc(Cc2cc(C(=O)OC(=O)C(F)(F)F)c(Nc3ccc(I)cc3F)c(F)c2F)c1F. The minimum atomic E-state index is -5.58. The Bertz CT molecular complexity index is 1330. The van der Waals surface area contributed by atoms with Crippen LogP contribution in [0.4, 0.5) is 47.9 Å². The van der Waals surface area contributed by atoms with Crippen molar-refractivity contribution in [3.8, 4) is 0 Å². The summed E-state index contributed by atoms with van der Waals surface area (Å²) in [6, 6.07) is 5.06. The number of rotatable bonds is 5. The molecule has 0 aliphatic rings. The summed E-state index contributed by atoms with van der Waals surface area (Å²) in [5, 5.41) is 2.09. The molecule has 0 aliphatic heterocycles. The first-order chi connectivity index (χ1) is 16.3. The van der Waals surface area contributed by atoms with Crippen LogP contribution in [0.25, 0.3) is 0 Å². The summed E-state index contributed by atoms with van der Waals surface area (Å²) in [4.78, 5) is 27.0. The average molecular weight is 613 g/mol. The molecule has 1 aromatic heterocycles. The van der Waals surface area contributed by atoms with Crippen molar-refractivity contribution in [3.05, 3.63) is 80.1 Å². The maximum absolute atomic E-state index is 15.0. The summed E-state index contributed by atoms with van der Waals surface area (Å²) in [7, 11) is 0. The third-order valence-electron chi connectivity index (χ3n) is 4.49. The summed E-state index contributed by atoms with van der Waals surface area (Å²) in [5.74, 6) is -11.0. The largest absolute Gasteiger partial charge is 0.491 e. The van der Waals surface area contributed by atoms with E-state index in [-0.39, 0.29) is 5.56 Å². The van der Waals surface area contributed by atoms with Crippen LogP contribution >= 0.6 is 22.6 Å². The number of benzene rings is 2. The second-order valence-electron chi connectivity index (χ2n) is 6.86. The smallest absolute Gasteiger partial charge is 0.383 e. The Hall–Kier alpha value is -3.43. The summed E-state index contributed by atoms with van der Waals surface area (Å²) in [6.45, 7) is 0. The predicted octanol–water partition coefficient (Wildman–Crippen LogP) is 5.40. The normalized spacial score (nSPS) is 11.3. The fourth-order valence-corrected chi connectivity index (χ4v) is 3.31. The molecular weight excluding hydrogens is 602 g/mol. The number of alkyl halides is 3. The van der Waals surface area contributed by atoms with Crippen molar-refractivity contribution >= 4 is 51.7 Å². The Morgan fingerprint density at radius 1 is 1.00 bits per heavy atom. The van der Waals surface area contributed by atoms with Crippen LogP contribution in [0.5, 0.6) is 0 Å². The predicted molar refractivity (Wildman–Crippen MR) is 117 cm³/mol. The summed E-state index contributed by atoms with van der Waals surface area (Å²) in [6.07, 6.45) is -5.23. The molecule has 6 nitrogen and oxygen atoms in total. The van der Waals surface area contributed by atoms with Gasteiger partial charge in [0, 0.05) is 16.2 Å². The molecule has 0 bridgehead atoms. The lowest BCUT2D eigenvalue weighted by Crippen LogP contribution is -2.28. The minimum absolute atomic E-state index is 0.286. The van der Waals surface area contributed by atoms with Crippen LogP contribution in [0.15, 0.2) is 36.5 Å². The number of nitrogens with two attached hydrogens (primary N) is 1. The first-order valence-electron chi connectivity index (χ1n) is 9.24. The number of anilines is 3.